The van der Waals surface area contributed by atoms with E-state index >= 15 is 0 Å². The smallest absolute Gasteiger partial charge is 0.239 e. The normalized spacial score (nSPS) is 20.8. The first kappa shape index (κ1) is 12.9. The number of likely N-dealkylation sites (tertiary alicyclic amines) is 1. The SMILES string of the molecule is COc1ccccc1[C@@H]1CCCN1C(=O)[C@@H](C)N. The van der Waals surface area contributed by atoms with Crippen LogP contribution in [0.4, 0.5) is 0 Å². The maximum Gasteiger partial charge on any atom is 0.239 e. The highest BCUT2D eigenvalue weighted by Gasteiger charge is 2.32. The van der Waals surface area contributed by atoms with Crippen LogP contribution in [0.2, 0.25) is 0 Å². The lowest BCUT2D eigenvalue weighted by Crippen LogP contribution is -2.41. The standard InChI is InChI=1S/C14H20N2O2/c1-10(15)14(17)16-9-5-7-12(16)11-6-3-4-8-13(11)18-2/h3-4,6,8,10,12H,5,7,9,15H2,1-2H3/t10-,12+/m1/s1. The van der Waals surface area contributed by atoms with Gasteiger partial charge in [0, 0.05) is 12.1 Å². The van der Waals surface area contributed by atoms with E-state index in [2.05, 4.69) is 0 Å². The fourth-order valence-corrected chi connectivity index (χ4v) is 2.56. The van der Waals surface area contributed by atoms with E-state index in [0.29, 0.717) is 0 Å². The van der Waals surface area contributed by atoms with Crippen molar-refractivity contribution in [2.45, 2.75) is 31.8 Å². The number of para-hydroxylation sites is 1. The van der Waals surface area contributed by atoms with Gasteiger partial charge in [-0.15, -0.1) is 0 Å². The highest BCUT2D eigenvalue weighted by Crippen LogP contribution is 2.36. The van der Waals surface area contributed by atoms with Crippen LogP contribution >= 0.6 is 0 Å². The molecule has 4 heteroatoms. The molecule has 1 aliphatic rings. The molecule has 0 aliphatic carbocycles. The minimum absolute atomic E-state index is 0.0170. The number of benzene rings is 1. The monoisotopic (exact) mass is 248 g/mol. The molecule has 2 rings (SSSR count). The molecule has 1 heterocycles. The van der Waals surface area contributed by atoms with Crippen molar-refractivity contribution in [3.8, 4) is 5.75 Å². The number of hydrogen-bond acceptors (Lipinski definition) is 3. The number of ether oxygens (including phenoxy) is 1. The number of rotatable bonds is 3. The second-order valence-corrected chi connectivity index (χ2v) is 4.72. The molecule has 4 nitrogen and oxygen atoms in total. The highest BCUT2D eigenvalue weighted by atomic mass is 16.5. The van der Waals surface area contributed by atoms with Crippen LogP contribution in [0.25, 0.3) is 0 Å². The van der Waals surface area contributed by atoms with Crippen LogP contribution in [0.1, 0.15) is 31.4 Å². The third-order valence-corrected chi connectivity index (χ3v) is 3.42. The molecule has 1 aromatic carbocycles. The number of hydrogen-bond donors (Lipinski definition) is 1. The summed E-state index contributed by atoms with van der Waals surface area (Å²) in [5.74, 6) is 0.857. The quantitative estimate of drug-likeness (QED) is 0.886. The van der Waals surface area contributed by atoms with Gasteiger partial charge in [-0.2, -0.15) is 0 Å². The summed E-state index contributed by atoms with van der Waals surface area (Å²) >= 11 is 0. The summed E-state index contributed by atoms with van der Waals surface area (Å²) in [7, 11) is 1.66. The van der Waals surface area contributed by atoms with Crippen LogP contribution in [0, 0.1) is 0 Å². The molecule has 1 fully saturated rings. The topological polar surface area (TPSA) is 55.6 Å². The Bertz CT molecular complexity index is 432. The van der Waals surface area contributed by atoms with E-state index in [1.807, 2.05) is 29.2 Å². The Labute approximate surface area is 108 Å². The van der Waals surface area contributed by atoms with Crippen LogP contribution in [-0.2, 0) is 4.79 Å². The molecule has 1 aliphatic heterocycles. The van der Waals surface area contributed by atoms with Crippen molar-refractivity contribution in [2.24, 2.45) is 5.73 Å². The summed E-state index contributed by atoms with van der Waals surface area (Å²) < 4.78 is 5.38. The summed E-state index contributed by atoms with van der Waals surface area (Å²) in [6.45, 7) is 2.52. The van der Waals surface area contributed by atoms with E-state index in [9.17, 15) is 4.79 Å². The molecule has 2 atom stereocenters. The minimum Gasteiger partial charge on any atom is -0.496 e. The average molecular weight is 248 g/mol. The summed E-state index contributed by atoms with van der Waals surface area (Å²) in [5.41, 5.74) is 6.78. The molecule has 0 radical (unpaired) electrons. The third-order valence-electron chi connectivity index (χ3n) is 3.42. The predicted molar refractivity (Wildman–Crippen MR) is 70.3 cm³/mol. The van der Waals surface area contributed by atoms with Gasteiger partial charge in [-0.3, -0.25) is 4.79 Å². The zero-order valence-electron chi connectivity index (χ0n) is 10.9. The lowest BCUT2D eigenvalue weighted by atomic mass is 10.0. The molecule has 18 heavy (non-hydrogen) atoms. The molecule has 0 spiro atoms. The van der Waals surface area contributed by atoms with Gasteiger partial charge in [0.2, 0.25) is 5.91 Å². The van der Waals surface area contributed by atoms with Gasteiger partial charge < -0.3 is 15.4 Å². The van der Waals surface area contributed by atoms with Crippen molar-refractivity contribution >= 4 is 5.91 Å². The number of nitrogens with two attached hydrogens (primary N) is 1. The van der Waals surface area contributed by atoms with Gasteiger partial charge >= 0.3 is 0 Å². The second kappa shape index (κ2) is 5.40. The van der Waals surface area contributed by atoms with Gasteiger partial charge in [0.1, 0.15) is 5.75 Å². The first-order valence-corrected chi connectivity index (χ1v) is 6.34. The molecular weight excluding hydrogens is 228 g/mol. The molecule has 1 aromatic rings. The molecule has 0 aromatic heterocycles. The first-order chi connectivity index (χ1) is 8.65. The maximum absolute atomic E-state index is 12.1. The van der Waals surface area contributed by atoms with E-state index in [-0.39, 0.29) is 11.9 Å². The Balaban J connectivity index is 2.29. The summed E-state index contributed by atoms with van der Waals surface area (Å²) in [5, 5.41) is 0. The first-order valence-electron chi connectivity index (χ1n) is 6.34. The molecule has 0 unspecified atom stereocenters. The molecule has 2 N–H and O–H groups in total. The zero-order valence-corrected chi connectivity index (χ0v) is 10.9. The van der Waals surface area contributed by atoms with Crippen molar-refractivity contribution in [2.75, 3.05) is 13.7 Å². The number of nitrogens with zero attached hydrogens (tertiary/aromatic N) is 1. The van der Waals surface area contributed by atoms with Crippen molar-refractivity contribution in [1.29, 1.82) is 0 Å². The molecular formula is C14H20N2O2. The largest absolute Gasteiger partial charge is 0.496 e. The Morgan fingerprint density at radius 3 is 2.89 bits per heavy atom. The van der Waals surface area contributed by atoms with Gasteiger partial charge in [0.05, 0.1) is 19.2 Å². The minimum atomic E-state index is -0.444. The van der Waals surface area contributed by atoms with E-state index in [1.165, 1.54) is 0 Å². The molecule has 0 bridgehead atoms. The van der Waals surface area contributed by atoms with E-state index in [1.54, 1.807) is 14.0 Å². The van der Waals surface area contributed by atoms with E-state index in [4.69, 9.17) is 10.5 Å². The summed E-state index contributed by atoms with van der Waals surface area (Å²) in [6, 6.07) is 7.53. The molecule has 98 valence electrons. The number of carbonyl (C=O) groups is 1. The van der Waals surface area contributed by atoms with Gasteiger partial charge in [-0.25, -0.2) is 0 Å². The average Bonchev–Trinajstić information content (AvgIpc) is 2.86. The lowest BCUT2D eigenvalue weighted by Gasteiger charge is -2.27. The van der Waals surface area contributed by atoms with Crippen molar-refractivity contribution in [1.82, 2.24) is 4.90 Å². The van der Waals surface area contributed by atoms with Crippen molar-refractivity contribution < 1.29 is 9.53 Å². The maximum atomic E-state index is 12.1. The van der Waals surface area contributed by atoms with Gasteiger partial charge in [0.25, 0.3) is 0 Å². The van der Waals surface area contributed by atoms with Crippen LogP contribution in [0.15, 0.2) is 24.3 Å². The van der Waals surface area contributed by atoms with Gasteiger partial charge in [0.15, 0.2) is 0 Å². The lowest BCUT2D eigenvalue weighted by molar-refractivity contribution is -0.133. The Morgan fingerprint density at radius 2 is 2.22 bits per heavy atom. The molecule has 1 amide bonds. The third kappa shape index (κ3) is 2.34. The van der Waals surface area contributed by atoms with Crippen molar-refractivity contribution in [3.05, 3.63) is 29.8 Å². The summed E-state index contributed by atoms with van der Waals surface area (Å²) in [4.78, 5) is 14.0. The van der Waals surface area contributed by atoms with E-state index in [0.717, 1.165) is 30.7 Å². The fraction of sp³-hybridized carbons (Fsp3) is 0.500. The van der Waals surface area contributed by atoms with Gasteiger partial charge in [-0.05, 0) is 25.8 Å². The van der Waals surface area contributed by atoms with E-state index < -0.39 is 6.04 Å². The summed E-state index contributed by atoms with van der Waals surface area (Å²) in [6.07, 6.45) is 1.99. The van der Waals surface area contributed by atoms with Crippen LogP contribution < -0.4 is 10.5 Å². The molecule has 0 saturated carbocycles. The van der Waals surface area contributed by atoms with Crippen LogP contribution in [0.5, 0.6) is 5.75 Å². The zero-order chi connectivity index (χ0) is 13.1. The second-order valence-electron chi connectivity index (χ2n) is 4.72. The predicted octanol–water partition coefficient (Wildman–Crippen LogP) is 1.71. The Kier molecular flexibility index (Phi) is 3.87. The fourth-order valence-electron chi connectivity index (χ4n) is 2.56. The Hall–Kier alpha value is -1.55. The van der Waals surface area contributed by atoms with Crippen LogP contribution in [0.3, 0.4) is 0 Å². The number of carbonyl (C=O) groups excluding carboxylic acids is 1. The number of amides is 1. The molecule has 1 saturated heterocycles. The Morgan fingerprint density at radius 1 is 1.50 bits per heavy atom. The van der Waals surface area contributed by atoms with Crippen LogP contribution in [-0.4, -0.2) is 30.5 Å². The number of methoxy groups -OCH3 is 1. The van der Waals surface area contributed by atoms with Gasteiger partial charge in [-0.1, -0.05) is 18.2 Å². The highest BCUT2D eigenvalue weighted by molar-refractivity contribution is 5.82. The van der Waals surface area contributed by atoms with Crippen molar-refractivity contribution in [3.63, 3.8) is 0 Å².